The minimum absolute atomic E-state index is 0.107. The molecule has 0 aliphatic heterocycles. The van der Waals surface area contributed by atoms with Crippen molar-refractivity contribution in [1.29, 1.82) is 0 Å². The maximum Gasteiger partial charge on any atom is 0.234 e. The second kappa shape index (κ2) is 4.53. The molecule has 1 N–H and O–H groups in total. The zero-order valence-corrected chi connectivity index (χ0v) is 13.1. The lowest BCUT2D eigenvalue weighted by Gasteiger charge is -2.36. The molecule has 1 aromatic rings. The number of pyridine rings is 1. The van der Waals surface area contributed by atoms with E-state index in [0.29, 0.717) is 24.6 Å². The number of sulfonamides is 1. The van der Waals surface area contributed by atoms with Crippen LogP contribution in [0.5, 0.6) is 0 Å². The van der Waals surface area contributed by atoms with Gasteiger partial charge in [0.1, 0.15) is 11.6 Å². The molecule has 1 aromatic heterocycles. The first kappa shape index (κ1) is 14.5. The molecule has 2 aliphatic rings. The van der Waals surface area contributed by atoms with Gasteiger partial charge in [0.15, 0.2) is 0 Å². The van der Waals surface area contributed by atoms with Crippen molar-refractivity contribution in [1.82, 2.24) is 4.98 Å². The molecule has 2 aliphatic carbocycles. The summed E-state index contributed by atoms with van der Waals surface area (Å²) >= 11 is 0. The summed E-state index contributed by atoms with van der Waals surface area (Å²) in [6.45, 7) is 4.07. The zero-order valence-electron chi connectivity index (χ0n) is 12.3. The third kappa shape index (κ3) is 2.16. The maximum absolute atomic E-state index is 12.5. The number of carbonyl (C=O) groups is 1. The molecule has 2 fully saturated rings. The van der Waals surface area contributed by atoms with Crippen LogP contribution in [0.4, 0.5) is 5.82 Å². The Morgan fingerprint density at radius 2 is 2.14 bits per heavy atom. The number of fused-ring (bicyclic) bond motifs is 2. The van der Waals surface area contributed by atoms with Crippen molar-refractivity contribution in [3.8, 4) is 0 Å². The Hall–Kier alpha value is -1.43. The van der Waals surface area contributed by atoms with Crippen molar-refractivity contribution in [2.75, 3.05) is 10.5 Å². The molecule has 0 saturated heterocycles. The van der Waals surface area contributed by atoms with Gasteiger partial charge in [0.2, 0.25) is 10.0 Å². The van der Waals surface area contributed by atoms with E-state index in [1.54, 1.807) is 18.2 Å². The van der Waals surface area contributed by atoms with Gasteiger partial charge in [-0.25, -0.2) is 13.4 Å². The van der Waals surface area contributed by atoms with Crippen LogP contribution in [0, 0.1) is 16.7 Å². The molecule has 0 aromatic carbocycles. The monoisotopic (exact) mass is 308 g/mol. The second-order valence-electron chi connectivity index (χ2n) is 6.74. The standard InChI is InChI=1S/C15H20N2O3S/c1-14(2)11-6-7-15(14,12(18)9-11)10-21(19,20)17-13-5-3-4-8-16-13/h3-5,8,11H,6-7,9-10H2,1-2H3,(H,16,17)/t11-,15-/m1/s1. The van der Waals surface area contributed by atoms with Gasteiger partial charge in [-0.2, -0.15) is 0 Å². The minimum atomic E-state index is -3.60. The molecular weight excluding hydrogens is 288 g/mol. The number of nitrogens with zero attached hydrogens (tertiary/aromatic N) is 1. The van der Waals surface area contributed by atoms with E-state index in [1.165, 1.54) is 6.20 Å². The Balaban J connectivity index is 1.87. The largest absolute Gasteiger partial charge is 0.299 e. The molecule has 1 heterocycles. The number of hydrogen-bond donors (Lipinski definition) is 1. The Morgan fingerprint density at radius 3 is 2.67 bits per heavy atom. The highest BCUT2D eigenvalue weighted by molar-refractivity contribution is 7.92. The van der Waals surface area contributed by atoms with Crippen LogP contribution >= 0.6 is 0 Å². The summed E-state index contributed by atoms with van der Waals surface area (Å²) in [5.41, 5.74) is -0.985. The van der Waals surface area contributed by atoms with Crippen molar-refractivity contribution in [3.63, 3.8) is 0 Å². The van der Waals surface area contributed by atoms with Crippen molar-refractivity contribution < 1.29 is 13.2 Å². The molecule has 5 nitrogen and oxygen atoms in total. The van der Waals surface area contributed by atoms with Crippen molar-refractivity contribution >= 4 is 21.6 Å². The van der Waals surface area contributed by atoms with Crippen LogP contribution in [0.1, 0.15) is 33.1 Å². The number of Topliss-reactive ketones (excluding diaryl/α,β-unsaturated/α-hetero) is 1. The van der Waals surface area contributed by atoms with Crippen LogP contribution in [0.25, 0.3) is 0 Å². The van der Waals surface area contributed by atoms with E-state index >= 15 is 0 Å². The highest BCUT2D eigenvalue weighted by Crippen LogP contribution is 2.64. The number of nitrogens with one attached hydrogen (secondary N) is 1. The average Bonchev–Trinajstić information content (AvgIpc) is 2.72. The van der Waals surface area contributed by atoms with Gasteiger partial charge in [0.25, 0.3) is 0 Å². The molecule has 0 radical (unpaired) electrons. The fourth-order valence-corrected chi connectivity index (χ4v) is 5.89. The Bertz CT molecular complexity index is 669. The third-order valence-electron chi connectivity index (χ3n) is 5.50. The molecule has 2 saturated carbocycles. The van der Waals surface area contributed by atoms with Crippen LogP contribution in [0.3, 0.4) is 0 Å². The normalized spacial score (nSPS) is 30.6. The van der Waals surface area contributed by atoms with E-state index in [0.717, 1.165) is 6.42 Å². The highest BCUT2D eigenvalue weighted by Gasteiger charge is 2.65. The predicted octanol–water partition coefficient (Wildman–Crippen LogP) is 2.22. The first-order chi connectivity index (χ1) is 9.77. The van der Waals surface area contributed by atoms with E-state index in [-0.39, 0.29) is 17.0 Å². The lowest BCUT2D eigenvalue weighted by Crippen LogP contribution is -2.43. The topological polar surface area (TPSA) is 76.1 Å². The SMILES string of the molecule is CC1(C)[C@@H]2CC[C@@]1(CS(=O)(=O)Nc1ccccn1)C(=O)C2. The van der Waals surface area contributed by atoms with Crippen LogP contribution in [0.15, 0.2) is 24.4 Å². The first-order valence-electron chi connectivity index (χ1n) is 7.22. The summed E-state index contributed by atoms with van der Waals surface area (Å²) in [7, 11) is -3.60. The number of rotatable bonds is 4. The Labute approximate surface area is 125 Å². The Kier molecular flexibility index (Phi) is 3.13. The summed E-state index contributed by atoms with van der Waals surface area (Å²) in [5.74, 6) is 0.579. The predicted molar refractivity (Wildman–Crippen MR) is 80.2 cm³/mol. The summed E-state index contributed by atoms with van der Waals surface area (Å²) < 4.78 is 27.4. The molecule has 0 amide bonds. The highest BCUT2D eigenvalue weighted by atomic mass is 32.2. The molecule has 2 bridgehead atoms. The molecule has 2 atom stereocenters. The lowest BCUT2D eigenvalue weighted by atomic mass is 9.70. The molecule has 114 valence electrons. The molecule has 0 unspecified atom stereocenters. The number of carbonyl (C=O) groups excluding carboxylic acids is 1. The minimum Gasteiger partial charge on any atom is -0.299 e. The third-order valence-corrected chi connectivity index (χ3v) is 6.89. The molecule has 3 rings (SSSR count). The van der Waals surface area contributed by atoms with Crippen molar-refractivity contribution in [2.24, 2.45) is 16.7 Å². The number of ketones is 1. The first-order valence-corrected chi connectivity index (χ1v) is 8.87. The van der Waals surface area contributed by atoms with Crippen LogP contribution in [-0.2, 0) is 14.8 Å². The van der Waals surface area contributed by atoms with Crippen LogP contribution in [0.2, 0.25) is 0 Å². The summed E-state index contributed by atoms with van der Waals surface area (Å²) in [6.07, 6.45) is 3.67. The van der Waals surface area contributed by atoms with Crippen molar-refractivity contribution in [2.45, 2.75) is 33.1 Å². The zero-order chi connectivity index (χ0) is 15.3. The van der Waals surface area contributed by atoms with Gasteiger partial charge in [-0.3, -0.25) is 9.52 Å². The number of aromatic nitrogens is 1. The van der Waals surface area contributed by atoms with Crippen molar-refractivity contribution in [3.05, 3.63) is 24.4 Å². The summed E-state index contributed by atoms with van der Waals surface area (Å²) in [4.78, 5) is 16.4. The van der Waals surface area contributed by atoms with Gasteiger partial charge in [0.05, 0.1) is 11.2 Å². The van der Waals surface area contributed by atoms with E-state index < -0.39 is 15.4 Å². The molecule has 21 heavy (non-hydrogen) atoms. The smallest absolute Gasteiger partial charge is 0.234 e. The van der Waals surface area contributed by atoms with Gasteiger partial charge in [-0.05, 0) is 36.3 Å². The maximum atomic E-state index is 12.5. The fourth-order valence-electron chi connectivity index (χ4n) is 4.05. The van der Waals surface area contributed by atoms with Crippen LogP contribution in [-0.4, -0.2) is 24.9 Å². The lowest BCUT2D eigenvalue weighted by molar-refractivity contribution is -0.128. The van der Waals surface area contributed by atoms with Gasteiger partial charge in [0, 0.05) is 12.6 Å². The van der Waals surface area contributed by atoms with E-state index in [4.69, 9.17) is 0 Å². The van der Waals surface area contributed by atoms with Crippen LogP contribution < -0.4 is 4.72 Å². The molecule has 0 spiro atoms. The van der Waals surface area contributed by atoms with Gasteiger partial charge < -0.3 is 0 Å². The van der Waals surface area contributed by atoms with E-state index in [1.807, 2.05) is 13.8 Å². The molecule has 6 heteroatoms. The summed E-state index contributed by atoms with van der Waals surface area (Å²) in [6, 6.07) is 5.05. The van der Waals surface area contributed by atoms with Gasteiger partial charge in [-0.1, -0.05) is 19.9 Å². The summed E-state index contributed by atoms with van der Waals surface area (Å²) in [5, 5.41) is 0. The second-order valence-corrected chi connectivity index (χ2v) is 8.47. The Morgan fingerprint density at radius 1 is 1.38 bits per heavy atom. The quantitative estimate of drug-likeness (QED) is 0.925. The molecular formula is C15H20N2O3S. The van der Waals surface area contributed by atoms with E-state index in [2.05, 4.69) is 9.71 Å². The van der Waals surface area contributed by atoms with Gasteiger partial charge >= 0.3 is 0 Å². The van der Waals surface area contributed by atoms with Gasteiger partial charge in [-0.15, -0.1) is 0 Å². The number of hydrogen-bond acceptors (Lipinski definition) is 4. The fraction of sp³-hybridized carbons (Fsp3) is 0.600. The average molecular weight is 308 g/mol. The number of anilines is 1. The van der Waals surface area contributed by atoms with E-state index in [9.17, 15) is 13.2 Å².